The first kappa shape index (κ1) is 13.9. The topological polar surface area (TPSA) is 50.4 Å². The Balaban J connectivity index is 2.01. The van der Waals surface area contributed by atoms with Gasteiger partial charge < -0.3 is 15.4 Å². The Labute approximate surface area is 114 Å². The van der Waals surface area contributed by atoms with Crippen LogP contribution in [0.1, 0.15) is 25.3 Å². The van der Waals surface area contributed by atoms with Gasteiger partial charge in [0.1, 0.15) is 5.75 Å². The second-order valence-electron chi connectivity index (χ2n) is 5.30. The molecule has 0 heterocycles. The predicted octanol–water partition coefficient (Wildman–Crippen LogP) is 1.45. The number of amides is 1. The van der Waals surface area contributed by atoms with Gasteiger partial charge >= 0.3 is 0 Å². The van der Waals surface area contributed by atoms with Crippen LogP contribution in [-0.4, -0.2) is 32.7 Å². The van der Waals surface area contributed by atoms with E-state index in [1.807, 2.05) is 25.2 Å². The van der Waals surface area contributed by atoms with E-state index in [1.165, 1.54) is 5.56 Å². The molecule has 1 aromatic carbocycles. The Morgan fingerprint density at radius 3 is 2.89 bits per heavy atom. The monoisotopic (exact) mass is 262 g/mol. The van der Waals surface area contributed by atoms with E-state index in [0.29, 0.717) is 13.0 Å². The molecule has 2 atom stereocenters. The Kier molecular flexibility index (Phi) is 4.10. The Morgan fingerprint density at radius 1 is 1.47 bits per heavy atom. The third kappa shape index (κ3) is 2.89. The van der Waals surface area contributed by atoms with Gasteiger partial charge in [-0.25, -0.2) is 0 Å². The molecular weight excluding hydrogens is 240 g/mol. The molecule has 1 amide bonds. The van der Waals surface area contributed by atoms with Crippen molar-refractivity contribution in [3.05, 3.63) is 29.8 Å². The first-order valence-electron chi connectivity index (χ1n) is 6.69. The predicted molar refractivity (Wildman–Crippen MR) is 75.4 cm³/mol. The van der Waals surface area contributed by atoms with Crippen LogP contribution < -0.4 is 15.4 Å². The fourth-order valence-electron chi connectivity index (χ4n) is 2.49. The molecule has 2 unspecified atom stereocenters. The highest BCUT2D eigenvalue weighted by atomic mass is 16.5. The van der Waals surface area contributed by atoms with Crippen molar-refractivity contribution in [3.63, 3.8) is 0 Å². The number of nitrogens with one attached hydrogen (secondary N) is 2. The Hall–Kier alpha value is -1.55. The molecule has 0 bridgehead atoms. The normalized spacial score (nSPS) is 24.9. The molecule has 2 N–H and O–H groups in total. The van der Waals surface area contributed by atoms with Crippen molar-refractivity contribution in [2.45, 2.75) is 31.2 Å². The lowest BCUT2D eigenvalue weighted by Gasteiger charge is -2.16. The Bertz CT molecular complexity index is 461. The summed E-state index contributed by atoms with van der Waals surface area (Å²) in [5.41, 5.74) is 1.18. The lowest BCUT2D eigenvalue weighted by atomic mass is 9.96. The van der Waals surface area contributed by atoms with Crippen molar-refractivity contribution in [1.29, 1.82) is 0 Å². The number of carbonyl (C=O) groups excluding carboxylic acids is 1. The molecule has 0 spiro atoms. The highest BCUT2D eigenvalue weighted by molar-refractivity contribution is 5.77. The van der Waals surface area contributed by atoms with Gasteiger partial charge in [-0.2, -0.15) is 0 Å². The molecule has 0 aliphatic heterocycles. The first-order valence-corrected chi connectivity index (χ1v) is 6.69. The first-order chi connectivity index (χ1) is 9.11. The smallest absolute Gasteiger partial charge is 0.221 e. The third-order valence-corrected chi connectivity index (χ3v) is 3.90. The van der Waals surface area contributed by atoms with E-state index in [4.69, 9.17) is 4.74 Å². The molecule has 104 valence electrons. The van der Waals surface area contributed by atoms with Gasteiger partial charge in [-0.05, 0) is 19.5 Å². The number of ether oxygens (including phenoxy) is 1. The summed E-state index contributed by atoms with van der Waals surface area (Å²) in [6, 6.07) is 8.25. The van der Waals surface area contributed by atoms with Gasteiger partial charge in [-0.1, -0.05) is 25.1 Å². The number of methoxy groups -OCH3 is 1. The number of rotatable bonds is 6. The minimum Gasteiger partial charge on any atom is -0.496 e. The summed E-state index contributed by atoms with van der Waals surface area (Å²) in [5, 5.41) is 6.08. The summed E-state index contributed by atoms with van der Waals surface area (Å²) in [7, 11) is 3.54. The van der Waals surface area contributed by atoms with Crippen molar-refractivity contribution in [2.75, 3.05) is 20.7 Å². The maximum absolute atomic E-state index is 11.7. The summed E-state index contributed by atoms with van der Waals surface area (Å²) >= 11 is 0. The lowest BCUT2D eigenvalue weighted by Crippen LogP contribution is -2.32. The average Bonchev–Trinajstić information content (AvgIpc) is 3.07. The molecule has 4 nitrogen and oxygen atoms in total. The number of hydrogen-bond donors (Lipinski definition) is 2. The van der Waals surface area contributed by atoms with Crippen molar-refractivity contribution >= 4 is 5.91 Å². The van der Waals surface area contributed by atoms with Crippen molar-refractivity contribution in [1.82, 2.24) is 10.6 Å². The van der Waals surface area contributed by atoms with Crippen molar-refractivity contribution in [2.24, 2.45) is 0 Å². The molecule has 0 radical (unpaired) electrons. The van der Waals surface area contributed by atoms with Crippen LogP contribution >= 0.6 is 0 Å². The largest absolute Gasteiger partial charge is 0.496 e. The van der Waals surface area contributed by atoms with E-state index in [0.717, 1.165) is 12.2 Å². The molecular formula is C15H22N2O2. The van der Waals surface area contributed by atoms with Crippen LogP contribution in [0.5, 0.6) is 5.75 Å². The zero-order chi connectivity index (χ0) is 13.9. The lowest BCUT2D eigenvalue weighted by molar-refractivity contribution is -0.121. The quantitative estimate of drug-likeness (QED) is 0.816. The van der Waals surface area contributed by atoms with Crippen LogP contribution in [0.4, 0.5) is 0 Å². The molecule has 1 aliphatic carbocycles. The maximum atomic E-state index is 11.7. The van der Waals surface area contributed by atoms with Gasteiger partial charge in [-0.3, -0.25) is 4.79 Å². The zero-order valence-electron chi connectivity index (χ0n) is 11.8. The van der Waals surface area contributed by atoms with Crippen molar-refractivity contribution in [3.8, 4) is 5.75 Å². The third-order valence-electron chi connectivity index (χ3n) is 3.90. The molecule has 1 fully saturated rings. The highest BCUT2D eigenvalue weighted by Gasteiger charge is 2.53. The molecule has 2 rings (SSSR count). The van der Waals surface area contributed by atoms with Gasteiger partial charge in [0.15, 0.2) is 0 Å². The van der Waals surface area contributed by atoms with E-state index >= 15 is 0 Å². The van der Waals surface area contributed by atoms with E-state index in [2.05, 4.69) is 23.6 Å². The molecule has 1 aliphatic rings. The van der Waals surface area contributed by atoms with Crippen LogP contribution in [-0.2, 0) is 10.2 Å². The fourth-order valence-corrected chi connectivity index (χ4v) is 2.49. The fraction of sp³-hybridized carbons (Fsp3) is 0.533. The van der Waals surface area contributed by atoms with Crippen LogP contribution in [0, 0.1) is 0 Å². The Morgan fingerprint density at radius 2 is 2.21 bits per heavy atom. The summed E-state index contributed by atoms with van der Waals surface area (Å²) in [6.45, 7) is 2.89. The number of benzene rings is 1. The summed E-state index contributed by atoms with van der Waals surface area (Å²) in [6.07, 6.45) is 1.49. The highest BCUT2D eigenvalue weighted by Crippen LogP contribution is 2.50. The maximum Gasteiger partial charge on any atom is 0.221 e. The zero-order valence-corrected chi connectivity index (χ0v) is 11.8. The summed E-state index contributed by atoms with van der Waals surface area (Å²) < 4.78 is 5.41. The molecule has 0 saturated heterocycles. The molecule has 4 heteroatoms. The van der Waals surface area contributed by atoms with Crippen LogP contribution in [0.15, 0.2) is 24.3 Å². The van der Waals surface area contributed by atoms with Crippen LogP contribution in [0.25, 0.3) is 0 Å². The van der Waals surface area contributed by atoms with E-state index in [9.17, 15) is 4.79 Å². The van der Waals surface area contributed by atoms with E-state index in [-0.39, 0.29) is 17.4 Å². The molecule has 19 heavy (non-hydrogen) atoms. The van der Waals surface area contributed by atoms with Gasteiger partial charge in [0.25, 0.3) is 0 Å². The van der Waals surface area contributed by atoms with Gasteiger partial charge in [0.2, 0.25) is 5.91 Å². The minimum absolute atomic E-state index is 0.00189. The van der Waals surface area contributed by atoms with E-state index in [1.54, 1.807) is 7.11 Å². The molecule has 1 saturated carbocycles. The number of para-hydroxylation sites is 1. The summed E-state index contributed by atoms with van der Waals surface area (Å²) in [5.74, 6) is 1.01. The van der Waals surface area contributed by atoms with Crippen molar-refractivity contribution < 1.29 is 9.53 Å². The molecule has 1 aromatic rings. The van der Waals surface area contributed by atoms with Gasteiger partial charge in [0.05, 0.1) is 7.11 Å². The van der Waals surface area contributed by atoms with Gasteiger partial charge in [0, 0.05) is 30.0 Å². The average molecular weight is 262 g/mol. The second kappa shape index (κ2) is 5.61. The standard InChI is InChI=1S/C15H22N2O2/c1-15(11-6-4-5-7-12(11)19-3)10-13(15)17-14(18)8-9-16-2/h4-7,13,16H,8-10H2,1-3H3,(H,17,18). The van der Waals surface area contributed by atoms with Crippen LogP contribution in [0.2, 0.25) is 0 Å². The van der Waals surface area contributed by atoms with Crippen LogP contribution in [0.3, 0.4) is 0 Å². The van der Waals surface area contributed by atoms with Gasteiger partial charge in [-0.15, -0.1) is 0 Å². The molecule has 0 aromatic heterocycles. The summed E-state index contributed by atoms with van der Waals surface area (Å²) in [4.78, 5) is 11.7. The minimum atomic E-state index is 0.00189. The SMILES string of the molecule is CNCCC(=O)NC1CC1(C)c1ccccc1OC. The second-order valence-corrected chi connectivity index (χ2v) is 5.30. The number of hydrogen-bond acceptors (Lipinski definition) is 3. The van der Waals surface area contributed by atoms with E-state index < -0.39 is 0 Å². The number of carbonyl (C=O) groups is 1.